The molecule has 0 saturated heterocycles. The fraction of sp³-hybridized carbons (Fsp3) is 0.227. The summed E-state index contributed by atoms with van der Waals surface area (Å²) >= 11 is 0. The van der Waals surface area contributed by atoms with Gasteiger partial charge >= 0.3 is 0 Å². The molecule has 0 radical (unpaired) electrons. The molecule has 4 rings (SSSR count). The molecule has 6 heteroatoms. The van der Waals surface area contributed by atoms with Crippen LogP contribution in [0.15, 0.2) is 65.3 Å². The summed E-state index contributed by atoms with van der Waals surface area (Å²) in [6.07, 6.45) is 1.25. The number of furan rings is 1. The Morgan fingerprint density at radius 1 is 1.11 bits per heavy atom. The Hall–Kier alpha value is -3.41. The highest BCUT2D eigenvalue weighted by Crippen LogP contribution is 2.37. The first-order valence-electron chi connectivity index (χ1n) is 9.21. The summed E-state index contributed by atoms with van der Waals surface area (Å²) in [5.41, 5.74) is 2.35. The van der Waals surface area contributed by atoms with Crippen LogP contribution in [0.3, 0.4) is 0 Å². The third-order valence-electron chi connectivity index (χ3n) is 4.73. The Kier molecular flexibility index (Phi) is 4.93. The molecule has 144 valence electrons. The van der Waals surface area contributed by atoms with Gasteiger partial charge in [-0.05, 0) is 48.9 Å². The first-order chi connectivity index (χ1) is 13.7. The summed E-state index contributed by atoms with van der Waals surface area (Å²) < 4.78 is 16.6. The van der Waals surface area contributed by atoms with Crippen molar-refractivity contribution < 1.29 is 18.7 Å². The molecule has 3 aromatic rings. The highest BCUT2D eigenvalue weighted by Gasteiger charge is 2.33. The van der Waals surface area contributed by atoms with E-state index in [2.05, 4.69) is 5.32 Å². The number of para-hydroxylation sites is 1. The number of rotatable bonds is 6. The SMILES string of the molecule is CCOc1cc([C@H]2Nc3ccccc3C(=O)N2Cc2ccco2)ccc1OC. The van der Waals surface area contributed by atoms with Gasteiger partial charge in [-0.2, -0.15) is 0 Å². The molecule has 0 fully saturated rings. The van der Waals surface area contributed by atoms with Gasteiger partial charge in [0.25, 0.3) is 5.91 Å². The van der Waals surface area contributed by atoms with Crippen molar-refractivity contribution >= 4 is 11.6 Å². The summed E-state index contributed by atoms with van der Waals surface area (Å²) in [5.74, 6) is 1.97. The fourth-order valence-corrected chi connectivity index (χ4v) is 3.42. The van der Waals surface area contributed by atoms with E-state index in [1.807, 2.05) is 61.5 Å². The van der Waals surface area contributed by atoms with Gasteiger partial charge in [-0.15, -0.1) is 0 Å². The van der Waals surface area contributed by atoms with Crippen molar-refractivity contribution in [1.29, 1.82) is 0 Å². The van der Waals surface area contributed by atoms with E-state index < -0.39 is 0 Å². The molecular formula is C22H22N2O4. The Labute approximate surface area is 163 Å². The number of hydrogen-bond acceptors (Lipinski definition) is 5. The predicted octanol–water partition coefficient (Wildman–Crippen LogP) is 4.45. The van der Waals surface area contributed by atoms with Crippen LogP contribution in [0.1, 0.15) is 34.8 Å². The second kappa shape index (κ2) is 7.68. The number of anilines is 1. The average molecular weight is 378 g/mol. The van der Waals surface area contributed by atoms with Crippen LogP contribution in [-0.4, -0.2) is 24.5 Å². The first-order valence-corrected chi connectivity index (χ1v) is 9.21. The van der Waals surface area contributed by atoms with Gasteiger partial charge in [0.05, 0.1) is 32.1 Å². The summed E-state index contributed by atoms with van der Waals surface area (Å²) in [4.78, 5) is 15.0. The molecule has 1 N–H and O–H groups in total. The molecule has 0 aliphatic carbocycles. The molecule has 0 spiro atoms. The van der Waals surface area contributed by atoms with Crippen LogP contribution in [0.5, 0.6) is 11.5 Å². The molecule has 2 heterocycles. The van der Waals surface area contributed by atoms with Crippen molar-refractivity contribution in [2.24, 2.45) is 0 Å². The van der Waals surface area contributed by atoms with Gasteiger partial charge in [0, 0.05) is 5.69 Å². The molecule has 1 aliphatic rings. The standard InChI is InChI=1S/C22H22N2O4/c1-3-27-20-13-15(10-11-19(20)26-2)21-23-18-9-5-4-8-17(18)22(25)24(21)14-16-7-6-12-28-16/h4-13,21,23H,3,14H2,1-2H3/t21-/m0/s1. The third-order valence-corrected chi connectivity index (χ3v) is 4.73. The third kappa shape index (κ3) is 3.29. The Balaban J connectivity index is 1.76. The minimum Gasteiger partial charge on any atom is -0.493 e. The van der Waals surface area contributed by atoms with E-state index in [9.17, 15) is 4.79 Å². The van der Waals surface area contributed by atoms with Gasteiger partial charge in [-0.1, -0.05) is 18.2 Å². The van der Waals surface area contributed by atoms with Crippen LogP contribution in [0.2, 0.25) is 0 Å². The van der Waals surface area contributed by atoms with Crippen molar-refractivity contribution in [2.45, 2.75) is 19.6 Å². The maximum Gasteiger partial charge on any atom is 0.258 e. The molecule has 0 saturated carbocycles. The highest BCUT2D eigenvalue weighted by molar-refractivity contribution is 6.01. The monoisotopic (exact) mass is 378 g/mol. The van der Waals surface area contributed by atoms with Gasteiger partial charge in [0.1, 0.15) is 11.9 Å². The van der Waals surface area contributed by atoms with E-state index >= 15 is 0 Å². The minimum absolute atomic E-state index is 0.0514. The lowest BCUT2D eigenvalue weighted by atomic mass is 10.0. The maximum absolute atomic E-state index is 13.2. The van der Waals surface area contributed by atoms with Crippen molar-refractivity contribution in [3.05, 3.63) is 77.7 Å². The second-order valence-corrected chi connectivity index (χ2v) is 6.45. The van der Waals surface area contributed by atoms with E-state index in [0.29, 0.717) is 30.2 Å². The van der Waals surface area contributed by atoms with E-state index in [1.165, 1.54) is 0 Å². The molecule has 0 bridgehead atoms. The smallest absolute Gasteiger partial charge is 0.258 e. The predicted molar refractivity (Wildman–Crippen MR) is 106 cm³/mol. The number of hydrogen-bond donors (Lipinski definition) is 1. The first kappa shape index (κ1) is 18.0. The van der Waals surface area contributed by atoms with E-state index in [0.717, 1.165) is 17.0 Å². The Morgan fingerprint density at radius 3 is 2.71 bits per heavy atom. The number of carbonyl (C=O) groups excluding carboxylic acids is 1. The molecular weight excluding hydrogens is 356 g/mol. The van der Waals surface area contributed by atoms with Crippen molar-refractivity contribution in [3.8, 4) is 11.5 Å². The molecule has 6 nitrogen and oxygen atoms in total. The fourth-order valence-electron chi connectivity index (χ4n) is 3.42. The number of nitrogens with one attached hydrogen (secondary N) is 1. The summed E-state index contributed by atoms with van der Waals surface area (Å²) in [6.45, 7) is 2.80. The Bertz CT molecular complexity index is 968. The van der Waals surface area contributed by atoms with Crippen LogP contribution in [-0.2, 0) is 6.54 Å². The maximum atomic E-state index is 13.2. The van der Waals surface area contributed by atoms with Gasteiger partial charge < -0.3 is 24.1 Å². The van der Waals surface area contributed by atoms with E-state index in [4.69, 9.17) is 13.9 Å². The number of carbonyl (C=O) groups is 1. The van der Waals surface area contributed by atoms with E-state index in [-0.39, 0.29) is 12.1 Å². The zero-order valence-electron chi connectivity index (χ0n) is 15.8. The quantitative estimate of drug-likeness (QED) is 0.686. The molecule has 0 unspecified atom stereocenters. The van der Waals surface area contributed by atoms with Gasteiger partial charge in [-0.25, -0.2) is 0 Å². The number of amides is 1. The summed E-state index contributed by atoms with van der Waals surface area (Å²) in [7, 11) is 1.61. The number of nitrogens with zero attached hydrogens (tertiary/aromatic N) is 1. The molecule has 1 atom stereocenters. The largest absolute Gasteiger partial charge is 0.493 e. The zero-order valence-corrected chi connectivity index (χ0v) is 15.8. The van der Waals surface area contributed by atoms with Gasteiger partial charge in [-0.3, -0.25) is 4.79 Å². The van der Waals surface area contributed by atoms with Gasteiger partial charge in [0.15, 0.2) is 11.5 Å². The van der Waals surface area contributed by atoms with Crippen molar-refractivity contribution in [1.82, 2.24) is 4.90 Å². The normalized spacial score (nSPS) is 15.7. The molecule has 2 aromatic carbocycles. The average Bonchev–Trinajstić information content (AvgIpc) is 3.23. The van der Waals surface area contributed by atoms with Crippen LogP contribution >= 0.6 is 0 Å². The topological polar surface area (TPSA) is 63.9 Å². The second-order valence-electron chi connectivity index (χ2n) is 6.45. The van der Waals surface area contributed by atoms with Gasteiger partial charge in [0.2, 0.25) is 0 Å². The van der Waals surface area contributed by atoms with Crippen LogP contribution < -0.4 is 14.8 Å². The lowest BCUT2D eigenvalue weighted by molar-refractivity contribution is 0.0651. The van der Waals surface area contributed by atoms with Crippen LogP contribution in [0.4, 0.5) is 5.69 Å². The molecule has 1 aromatic heterocycles. The molecule has 1 aliphatic heterocycles. The number of methoxy groups -OCH3 is 1. The summed E-state index contributed by atoms with van der Waals surface area (Å²) in [5, 5.41) is 3.48. The Morgan fingerprint density at radius 2 is 1.96 bits per heavy atom. The molecule has 1 amide bonds. The van der Waals surface area contributed by atoms with Crippen molar-refractivity contribution in [3.63, 3.8) is 0 Å². The highest BCUT2D eigenvalue weighted by atomic mass is 16.5. The van der Waals surface area contributed by atoms with Crippen LogP contribution in [0.25, 0.3) is 0 Å². The minimum atomic E-state index is -0.363. The number of fused-ring (bicyclic) bond motifs is 1. The summed E-state index contributed by atoms with van der Waals surface area (Å²) in [6, 6.07) is 16.9. The number of benzene rings is 2. The number of ether oxygens (including phenoxy) is 2. The van der Waals surface area contributed by atoms with Crippen LogP contribution in [0, 0.1) is 0 Å². The van der Waals surface area contributed by atoms with E-state index in [1.54, 1.807) is 18.3 Å². The lowest BCUT2D eigenvalue weighted by Gasteiger charge is -2.37. The molecule has 28 heavy (non-hydrogen) atoms. The zero-order chi connectivity index (χ0) is 19.5. The lowest BCUT2D eigenvalue weighted by Crippen LogP contribution is -2.42. The van der Waals surface area contributed by atoms with Crippen molar-refractivity contribution in [2.75, 3.05) is 19.0 Å².